The Hall–Kier alpha value is -4.64. The van der Waals surface area contributed by atoms with Gasteiger partial charge in [-0.3, -0.25) is 14.5 Å². The van der Waals surface area contributed by atoms with Gasteiger partial charge in [0.15, 0.2) is 12.1 Å². The molecular formula is C51H69N5O9. The number of aromatic nitrogens is 3. The third-order valence-electron chi connectivity index (χ3n) is 13.2. The van der Waals surface area contributed by atoms with Gasteiger partial charge in [0.05, 0.1) is 61.1 Å². The second-order valence-corrected chi connectivity index (χ2v) is 18.4. The van der Waals surface area contributed by atoms with Gasteiger partial charge in [0.2, 0.25) is 0 Å². The lowest BCUT2D eigenvalue weighted by molar-refractivity contribution is -0.304. The van der Waals surface area contributed by atoms with Gasteiger partial charge in [0.1, 0.15) is 12.2 Å². The Labute approximate surface area is 383 Å². The first-order chi connectivity index (χ1) is 31.1. The number of rotatable bonds is 13. The zero-order valence-corrected chi connectivity index (χ0v) is 38.9. The summed E-state index contributed by atoms with van der Waals surface area (Å²) in [6.07, 6.45) is 0.954. The lowest BCUT2D eigenvalue weighted by Gasteiger charge is -2.46. The molecule has 352 valence electrons. The Morgan fingerprint density at radius 1 is 0.908 bits per heavy atom. The molecule has 1 fully saturated rings. The minimum absolute atomic E-state index is 0.106. The Balaban J connectivity index is 1.35. The van der Waals surface area contributed by atoms with Crippen LogP contribution in [0.4, 0.5) is 0 Å². The summed E-state index contributed by atoms with van der Waals surface area (Å²) < 4.78 is 20.7. The number of carbonyl (C=O) groups is 2. The van der Waals surface area contributed by atoms with Crippen LogP contribution in [0.3, 0.4) is 0 Å². The zero-order valence-electron chi connectivity index (χ0n) is 38.9. The van der Waals surface area contributed by atoms with Crippen LogP contribution in [-0.2, 0) is 36.9 Å². The summed E-state index contributed by atoms with van der Waals surface area (Å²) >= 11 is 0. The van der Waals surface area contributed by atoms with E-state index in [1.165, 1.54) is 0 Å². The SMILES string of the molecule is CC[C@H]1OC(=O)C[C@@H](O)[C@H](C)[C@@H](O[C@@H]2O[C@H](C)[C@@H](O)[C@H](N(C)C)[C@H]2O)[C@@H](CCN(Cc2ccccc2)Cc2cn(-c3ccc4ccccc4c3)nn2)C[C@@H](C)C(=O)/C=C/C(C)=C/[C@@H]1CO. The highest BCUT2D eigenvalue weighted by Gasteiger charge is 2.47. The van der Waals surface area contributed by atoms with E-state index >= 15 is 0 Å². The van der Waals surface area contributed by atoms with Gasteiger partial charge in [-0.15, -0.1) is 5.10 Å². The zero-order chi connectivity index (χ0) is 46.8. The first-order valence-corrected chi connectivity index (χ1v) is 23.0. The van der Waals surface area contributed by atoms with E-state index in [4.69, 9.17) is 14.2 Å². The maximum absolute atomic E-state index is 14.0. The van der Waals surface area contributed by atoms with Gasteiger partial charge in [-0.1, -0.05) is 104 Å². The highest BCUT2D eigenvalue weighted by atomic mass is 16.7. The average Bonchev–Trinajstić information content (AvgIpc) is 3.76. The lowest BCUT2D eigenvalue weighted by Crippen LogP contribution is -2.63. The molecule has 6 rings (SSSR count). The average molecular weight is 896 g/mol. The number of fused-ring (bicyclic) bond motifs is 1. The number of ketones is 1. The molecule has 0 bridgehead atoms. The quantitative estimate of drug-likeness (QED) is 0.121. The Morgan fingerprint density at radius 3 is 2.34 bits per heavy atom. The van der Waals surface area contributed by atoms with E-state index in [0.29, 0.717) is 38.9 Å². The van der Waals surface area contributed by atoms with Crippen molar-refractivity contribution in [3.05, 3.63) is 114 Å². The molecule has 12 atom stereocenters. The summed E-state index contributed by atoms with van der Waals surface area (Å²) in [5.74, 6) is -2.88. The summed E-state index contributed by atoms with van der Waals surface area (Å²) in [5.41, 5.74) is 3.48. The fourth-order valence-electron chi connectivity index (χ4n) is 9.31. The smallest absolute Gasteiger partial charge is 0.308 e. The number of hydrogen-bond donors (Lipinski definition) is 4. The molecular weight excluding hydrogens is 827 g/mol. The molecule has 14 nitrogen and oxygen atoms in total. The van der Waals surface area contributed by atoms with Gasteiger partial charge in [-0.25, -0.2) is 4.68 Å². The summed E-state index contributed by atoms with van der Waals surface area (Å²) in [7, 11) is 3.54. The van der Waals surface area contributed by atoms with E-state index in [-0.39, 0.29) is 18.8 Å². The molecule has 0 saturated carbocycles. The van der Waals surface area contributed by atoms with Crippen molar-refractivity contribution >= 4 is 22.5 Å². The molecule has 4 N–H and O–H groups in total. The van der Waals surface area contributed by atoms with Gasteiger partial charge >= 0.3 is 5.97 Å². The van der Waals surface area contributed by atoms with Gasteiger partial charge in [0, 0.05) is 30.8 Å². The summed E-state index contributed by atoms with van der Waals surface area (Å²) in [4.78, 5) is 31.6. The van der Waals surface area contributed by atoms with E-state index in [1.807, 2.05) is 69.4 Å². The molecule has 0 unspecified atom stereocenters. The van der Waals surface area contributed by atoms with Crippen LogP contribution in [0.5, 0.6) is 0 Å². The molecule has 4 aromatic rings. The van der Waals surface area contributed by atoms with E-state index in [9.17, 15) is 30.0 Å². The van der Waals surface area contributed by atoms with Crippen LogP contribution in [0.1, 0.15) is 71.6 Å². The predicted molar refractivity (Wildman–Crippen MR) is 248 cm³/mol. The lowest BCUT2D eigenvalue weighted by atomic mass is 9.79. The number of nitrogens with zero attached hydrogens (tertiary/aromatic N) is 5. The third-order valence-corrected chi connectivity index (χ3v) is 13.2. The van der Waals surface area contributed by atoms with Crippen LogP contribution in [0.15, 0.2) is 103 Å². The normalized spacial score (nSPS) is 31.2. The van der Waals surface area contributed by atoms with Gasteiger partial charge in [0.25, 0.3) is 0 Å². The number of aliphatic hydroxyl groups excluding tert-OH is 4. The molecule has 1 aromatic heterocycles. The van der Waals surface area contributed by atoms with Crippen molar-refractivity contribution in [1.29, 1.82) is 0 Å². The topological polar surface area (TPSA) is 180 Å². The maximum Gasteiger partial charge on any atom is 0.308 e. The number of benzene rings is 3. The molecule has 3 aromatic carbocycles. The molecule has 14 heteroatoms. The van der Waals surface area contributed by atoms with Crippen LogP contribution in [0.2, 0.25) is 0 Å². The van der Waals surface area contributed by atoms with Crippen molar-refractivity contribution in [3.8, 4) is 5.69 Å². The van der Waals surface area contributed by atoms with Gasteiger partial charge in [-0.2, -0.15) is 0 Å². The molecule has 2 aliphatic rings. The number of carbonyl (C=O) groups excluding carboxylic acids is 2. The summed E-state index contributed by atoms with van der Waals surface area (Å²) in [5, 5.41) is 56.4. The molecule has 65 heavy (non-hydrogen) atoms. The number of allylic oxidation sites excluding steroid dienone is 3. The standard InChI is InChI=1S/C51H69N5O9/c1-8-45-40(31-57)24-32(2)18-21-43(58)33(3)25-39(50(34(4)44(59)27-46(60)64-45)65-51-49(62)47(54(6)7)48(61)35(5)63-51)22-23-55(28-36-14-10-9-11-15-36)29-41-30-56(53-52-41)42-20-19-37-16-12-13-17-38(37)26-42/h9-21,24,26,30,33-35,39-40,44-45,47-51,57,59,61-62H,8,22-23,25,27-29,31H2,1-7H3/b21-18+,32-24+/t33-,34+,35-,39+,40-,44-,45-,47+,48-,49-,50-,51+/m1/s1. The Bertz CT molecular complexity index is 2210. The highest BCUT2D eigenvalue weighted by Crippen LogP contribution is 2.35. The molecule has 2 aliphatic heterocycles. The van der Waals surface area contributed by atoms with E-state index in [0.717, 1.165) is 33.3 Å². The van der Waals surface area contributed by atoms with Crippen LogP contribution >= 0.6 is 0 Å². The van der Waals surface area contributed by atoms with Crippen molar-refractivity contribution in [2.45, 2.75) is 122 Å². The monoisotopic (exact) mass is 896 g/mol. The minimum Gasteiger partial charge on any atom is -0.462 e. The largest absolute Gasteiger partial charge is 0.462 e. The van der Waals surface area contributed by atoms with Crippen LogP contribution in [0.25, 0.3) is 16.5 Å². The summed E-state index contributed by atoms with van der Waals surface area (Å²) in [6.45, 7) is 10.4. The minimum atomic E-state index is -1.27. The molecule has 3 heterocycles. The fourth-order valence-corrected chi connectivity index (χ4v) is 9.31. The number of esters is 1. The van der Waals surface area contributed by atoms with Crippen molar-refractivity contribution in [2.24, 2.45) is 23.7 Å². The predicted octanol–water partition coefficient (Wildman–Crippen LogP) is 5.64. The van der Waals surface area contributed by atoms with Crippen molar-refractivity contribution in [2.75, 3.05) is 27.2 Å². The number of aliphatic hydroxyl groups is 4. The molecule has 0 spiro atoms. The fraction of sp³-hybridized carbons (Fsp3) is 0.529. The van der Waals surface area contributed by atoms with Crippen LogP contribution in [-0.4, -0.2) is 133 Å². The third kappa shape index (κ3) is 13.0. The molecule has 0 amide bonds. The van der Waals surface area contributed by atoms with Crippen LogP contribution in [0, 0.1) is 23.7 Å². The van der Waals surface area contributed by atoms with E-state index < -0.39 is 78.6 Å². The molecule has 0 radical (unpaired) electrons. The Kier molecular flexibility index (Phi) is 17.8. The summed E-state index contributed by atoms with van der Waals surface area (Å²) in [6, 6.07) is 23.7. The number of ether oxygens (including phenoxy) is 3. The van der Waals surface area contributed by atoms with Crippen molar-refractivity contribution < 1.29 is 44.2 Å². The second-order valence-electron chi connectivity index (χ2n) is 18.4. The van der Waals surface area contributed by atoms with Crippen molar-refractivity contribution in [3.63, 3.8) is 0 Å². The van der Waals surface area contributed by atoms with Gasteiger partial charge < -0.3 is 39.5 Å². The van der Waals surface area contributed by atoms with Crippen molar-refractivity contribution in [1.82, 2.24) is 24.8 Å². The molecule has 0 aliphatic carbocycles. The number of hydrogen-bond acceptors (Lipinski definition) is 13. The Morgan fingerprint density at radius 2 is 1.63 bits per heavy atom. The highest BCUT2D eigenvalue weighted by molar-refractivity contribution is 5.91. The maximum atomic E-state index is 14.0. The number of cyclic esters (lactones) is 1. The van der Waals surface area contributed by atoms with Gasteiger partial charge in [-0.05, 0) is 94.2 Å². The number of likely N-dealkylation sites (N-methyl/N-ethyl adjacent to an activating group) is 1. The second kappa shape index (κ2) is 23.2. The first kappa shape index (κ1) is 49.8. The first-order valence-electron chi connectivity index (χ1n) is 23.0. The van der Waals surface area contributed by atoms with E-state index in [1.54, 1.807) is 49.7 Å². The van der Waals surface area contributed by atoms with E-state index in [2.05, 4.69) is 51.6 Å². The molecule has 1 saturated heterocycles. The van der Waals surface area contributed by atoms with Crippen LogP contribution < -0.4 is 0 Å².